The summed E-state index contributed by atoms with van der Waals surface area (Å²) in [6.45, 7) is 1.28. The number of carbonyl (C=O) groups excluding carboxylic acids is 1. The number of benzene rings is 4. The first-order valence-corrected chi connectivity index (χ1v) is 13.4. The van der Waals surface area contributed by atoms with Crippen molar-refractivity contribution in [2.24, 2.45) is 0 Å². The van der Waals surface area contributed by atoms with Crippen LogP contribution in [0.5, 0.6) is 0 Å². The molecule has 1 unspecified atom stereocenters. The van der Waals surface area contributed by atoms with Gasteiger partial charge in [-0.15, -0.1) is 0 Å². The first-order chi connectivity index (χ1) is 18.3. The van der Waals surface area contributed by atoms with Crippen LogP contribution < -0.4 is 0 Å². The van der Waals surface area contributed by atoms with Gasteiger partial charge in [-0.3, -0.25) is 4.79 Å². The lowest BCUT2D eigenvalue weighted by molar-refractivity contribution is -0.130. The molecule has 3 nitrogen and oxygen atoms in total. The number of ether oxygens (including phenoxy) is 1. The van der Waals surface area contributed by atoms with Crippen LogP contribution in [0.15, 0.2) is 121 Å². The number of nitrogens with zero attached hydrogens (tertiary/aromatic N) is 1. The minimum absolute atomic E-state index is 0.0831. The molecule has 4 aromatic carbocycles. The number of amides is 1. The summed E-state index contributed by atoms with van der Waals surface area (Å²) in [5.74, 6) is 0.248. The Morgan fingerprint density at radius 1 is 0.676 bits per heavy atom. The van der Waals surface area contributed by atoms with Crippen LogP contribution in [0.1, 0.15) is 47.9 Å². The fourth-order valence-corrected chi connectivity index (χ4v) is 5.52. The molecule has 0 bridgehead atoms. The van der Waals surface area contributed by atoms with E-state index in [0.717, 1.165) is 48.9 Å². The third kappa shape index (κ3) is 5.68. The highest BCUT2D eigenvalue weighted by molar-refractivity contribution is 5.78. The quantitative estimate of drug-likeness (QED) is 0.168. The molecule has 0 spiro atoms. The van der Waals surface area contributed by atoms with Crippen molar-refractivity contribution in [3.05, 3.63) is 144 Å². The second kappa shape index (κ2) is 12.0. The Bertz CT molecular complexity index is 1150. The van der Waals surface area contributed by atoms with Gasteiger partial charge in [0.05, 0.1) is 12.6 Å². The topological polar surface area (TPSA) is 29.5 Å². The van der Waals surface area contributed by atoms with Crippen molar-refractivity contribution in [1.29, 1.82) is 0 Å². The van der Waals surface area contributed by atoms with Crippen molar-refractivity contribution >= 4 is 5.91 Å². The Morgan fingerprint density at radius 2 is 1.16 bits per heavy atom. The zero-order valence-electron chi connectivity index (χ0n) is 21.3. The van der Waals surface area contributed by atoms with E-state index in [0.29, 0.717) is 13.0 Å². The molecule has 1 aliphatic heterocycles. The van der Waals surface area contributed by atoms with Crippen LogP contribution >= 0.6 is 0 Å². The molecular formula is C34H35NO2. The van der Waals surface area contributed by atoms with Crippen LogP contribution in [0.3, 0.4) is 0 Å². The van der Waals surface area contributed by atoms with Crippen LogP contribution in [0.2, 0.25) is 0 Å². The molecule has 3 heteroatoms. The van der Waals surface area contributed by atoms with Crippen LogP contribution in [0.25, 0.3) is 0 Å². The molecule has 5 rings (SSSR count). The molecule has 1 saturated heterocycles. The van der Waals surface area contributed by atoms with E-state index in [1.165, 1.54) is 5.56 Å². The van der Waals surface area contributed by atoms with Gasteiger partial charge in [0.15, 0.2) is 0 Å². The molecule has 4 aromatic rings. The monoisotopic (exact) mass is 489 g/mol. The second-order valence-corrected chi connectivity index (χ2v) is 9.81. The average Bonchev–Trinajstić information content (AvgIpc) is 3.32. The third-order valence-electron chi connectivity index (χ3n) is 7.44. The average molecular weight is 490 g/mol. The van der Waals surface area contributed by atoms with Gasteiger partial charge >= 0.3 is 0 Å². The number of hydrogen-bond acceptors (Lipinski definition) is 2. The fourth-order valence-electron chi connectivity index (χ4n) is 5.52. The molecule has 0 N–H and O–H groups in total. The number of likely N-dealkylation sites (tertiary alicyclic amines) is 1. The number of hydrogen-bond donors (Lipinski definition) is 0. The minimum Gasteiger partial charge on any atom is -0.359 e. The molecule has 0 radical (unpaired) electrons. The van der Waals surface area contributed by atoms with E-state index in [1.54, 1.807) is 0 Å². The van der Waals surface area contributed by atoms with E-state index in [9.17, 15) is 4.79 Å². The number of rotatable bonds is 11. The Labute approximate surface area is 220 Å². The summed E-state index contributed by atoms with van der Waals surface area (Å²) in [7, 11) is 0. The molecule has 1 fully saturated rings. The van der Waals surface area contributed by atoms with E-state index in [4.69, 9.17) is 4.74 Å². The molecule has 1 aliphatic rings. The zero-order chi connectivity index (χ0) is 25.3. The molecule has 1 amide bonds. The van der Waals surface area contributed by atoms with Crippen molar-refractivity contribution in [3.63, 3.8) is 0 Å². The molecule has 37 heavy (non-hydrogen) atoms. The molecular weight excluding hydrogens is 454 g/mol. The lowest BCUT2D eigenvalue weighted by Crippen LogP contribution is -2.41. The lowest BCUT2D eigenvalue weighted by Gasteiger charge is -2.38. The second-order valence-electron chi connectivity index (χ2n) is 9.81. The van der Waals surface area contributed by atoms with Crippen molar-refractivity contribution in [1.82, 2.24) is 4.90 Å². The van der Waals surface area contributed by atoms with Gasteiger partial charge < -0.3 is 9.64 Å². The SMILES string of the molecule is O=C1CCC(COC(c2ccccc2)(c2ccccc2)c2ccccc2)N1CCCCc1ccccc1. The standard InChI is InChI=1S/C34H35NO2/c36-33-25-24-32(35(33)26-14-13-17-28-15-5-1-6-16-28)27-37-34(29-18-7-2-8-19-29,30-20-9-3-10-21-30)31-22-11-4-12-23-31/h1-12,15-16,18-23,32H,13-14,17,24-27H2. The summed E-state index contributed by atoms with van der Waals surface area (Å²) in [4.78, 5) is 14.9. The van der Waals surface area contributed by atoms with Crippen molar-refractivity contribution in [2.75, 3.05) is 13.2 Å². The molecule has 0 aromatic heterocycles. The Morgan fingerprint density at radius 3 is 1.68 bits per heavy atom. The minimum atomic E-state index is -0.756. The summed E-state index contributed by atoms with van der Waals surface area (Å²) in [6, 6.07) is 42.0. The predicted octanol–water partition coefficient (Wildman–Crippen LogP) is 7.01. The summed E-state index contributed by atoms with van der Waals surface area (Å²) in [5.41, 5.74) is 3.87. The molecule has 0 aliphatic carbocycles. The van der Waals surface area contributed by atoms with Crippen molar-refractivity contribution in [3.8, 4) is 0 Å². The van der Waals surface area contributed by atoms with Gasteiger partial charge in [0.1, 0.15) is 5.60 Å². The van der Waals surface area contributed by atoms with E-state index < -0.39 is 5.60 Å². The first-order valence-electron chi connectivity index (χ1n) is 13.4. The fraction of sp³-hybridized carbons (Fsp3) is 0.265. The van der Waals surface area contributed by atoms with Gasteiger partial charge in [-0.2, -0.15) is 0 Å². The van der Waals surface area contributed by atoms with Gasteiger partial charge in [-0.1, -0.05) is 121 Å². The van der Waals surface area contributed by atoms with E-state index in [-0.39, 0.29) is 11.9 Å². The van der Waals surface area contributed by atoms with Crippen LogP contribution in [0.4, 0.5) is 0 Å². The zero-order valence-corrected chi connectivity index (χ0v) is 21.3. The maximum atomic E-state index is 12.9. The van der Waals surface area contributed by atoms with E-state index >= 15 is 0 Å². The highest BCUT2D eigenvalue weighted by Crippen LogP contribution is 2.41. The largest absolute Gasteiger partial charge is 0.359 e. The lowest BCUT2D eigenvalue weighted by atomic mass is 9.80. The number of aryl methyl sites for hydroxylation is 1. The van der Waals surface area contributed by atoms with Crippen LogP contribution in [0, 0.1) is 0 Å². The van der Waals surface area contributed by atoms with E-state index in [1.807, 2.05) is 18.2 Å². The van der Waals surface area contributed by atoms with Crippen molar-refractivity contribution < 1.29 is 9.53 Å². The summed E-state index contributed by atoms with van der Waals surface area (Å²) >= 11 is 0. The third-order valence-corrected chi connectivity index (χ3v) is 7.44. The predicted molar refractivity (Wildman–Crippen MR) is 149 cm³/mol. The molecule has 1 atom stereocenters. The maximum Gasteiger partial charge on any atom is 0.222 e. The highest BCUT2D eigenvalue weighted by atomic mass is 16.5. The van der Waals surface area contributed by atoms with Gasteiger partial charge in [-0.05, 0) is 47.9 Å². The van der Waals surface area contributed by atoms with Gasteiger partial charge in [0.25, 0.3) is 0 Å². The highest BCUT2D eigenvalue weighted by Gasteiger charge is 2.40. The normalized spacial score (nSPS) is 15.7. The Balaban J connectivity index is 1.37. The van der Waals surface area contributed by atoms with Crippen LogP contribution in [-0.4, -0.2) is 30.0 Å². The first kappa shape index (κ1) is 25.0. The van der Waals surface area contributed by atoms with Gasteiger partial charge in [-0.25, -0.2) is 0 Å². The summed E-state index contributed by atoms with van der Waals surface area (Å²) in [6.07, 6.45) is 4.55. The Kier molecular flexibility index (Phi) is 8.12. The molecule has 1 heterocycles. The van der Waals surface area contributed by atoms with Crippen LogP contribution in [-0.2, 0) is 21.6 Å². The Hall–Kier alpha value is -3.69. The van der Waals surface area contributed by atoms with Crippen molar-refractivity contribution in [2.45, 2.75) is 43.7 Å². The maximum absolute atomic E-state index is 12.9. The number of carbonyl (C=O) groups is 1. The molecule has 0 saturated carbocycles. The van der Waals surface area contributed by atoms with Gasteiger partial charge in [0, 0.05) is 13.0 Å². The summed E-state index contributed by atoms with van der Waals surface area (Å²) < 4.78 is 7.03. The smallest absolute Gasteiger partial charge is 0.222 e. The van der Waals surface area contributed by atoms with E-state index in [2.05, 4.69) is 108 Å². The number of unbranched alkanes of at least 4 members (excludes halogenated alkanes) is 1. The molecule has 188 valence electrons. The van der Waals surface area contributed by atoms with Gasteiger partial charge in [0.2, 0.25) is 5.91 Å². The summed E-state index contributed by atoms with van der Waals surface area (Å²) in [5, 5.41) is 0.